The van der Waals surface area contributed by atoms with Crippen molar-refractivity contribution in [1.82, 2.24) is 10.6 Å². The molecule has 2 atom stereocenters. The second kappa shape index (κ2) is 5.35. The van der Waals surface area contributed by atoms with Crippen molar-refractivity contribution >= 4 is 5.91 Å². The molecule has 1 fully saturated rings. The minimum absolute atomic E-state index is 0.117. The van der Waals surface area contributed by atoms with E-state index >= 15 is 0 Å². The van der Waals surface area contributed by atoms with Gasteiger partial charge in [-0.2, -0.15) is 0 Å². The maximum absolute atomic E-state index is 11.4. The van der Waals surface area contributed by atoms with E-state index in [4.69, 9.17) is 0 Å². The standard InChI is InChI=1S/C11H22N2O/c1-4-8(2)13-11(14)7-12-9(3)10-5-6-10/h8-10,12H,4-7H2,1-3H3,(H,13,14). The molecule has 0 saturated heterocycles. The van der Waals surface area contributed by atoms with Gasteiger partial charge in [0.15, 0.2) is 0 Å². The molecule has 1 amide bonds. The Labute approximate surface area is 86.6 Å². The number of carbonyl (C=O) groups excluding carboxylic acids is 1. The highest BCUT2D eigenvalue weighted by molar-refractivity contribution is 5.78. The van der Waals surface area contributed by atoms with Crippen LogP contribution in [0.1, 0.15) is 40.0 Å². The average Bonchev–Trinajstić information content (AvgIpc) is 2.97. The van der Waals surface area contributed by atoms with E-state index in [-0.39, 0.29) is 5.91 Å². The molecule has 3 nitrogen and oxygen atoms in total. The van der Waals surface area contributed by atoms with Gasteiger partial charge in [-0.3, -0.25) is 4.79 Å². The van der Waals surface area contributed by atoms with Crippen molar-refractivity contribution < 1.29 is 4.79 Å². The summed E-state index contributed by atoms with van der Waals surface area (Å²) in [6.07, 6.45) is 3.63. The van der Waals surface area contributed by atoms with Gasteiger partial charge in [-0.25, -0.2) is 0 Å². The molecule has 1 aliphatic rings. The molecule has 14 heavy (non-hydrogen) atoms. The lowest BCUT2D eigenvalue weighted by Crippen LogP contribution is -2.41. The third-order valence-corrected chi connectivity index (χ3v) is 2.93. The summed E-state index contributed by atoms with van der Waals surface area (Å²) in [5.74, 6) is 0.929. The van der Waals surface area contributed by atoms with E-state index in [1.807, 2.05) is 6.92 Å². The van der Waals surface area contributed by atoms with Gasteiger partial charge in [-0.15, -0.1) is 0 Å². The molecule has 0 spiro atoms. The van der Waals surface area contributed by atoms with Crippen LogP contribution in [0.4, 0.5) is 0 Å². The van der Waals surface area contributed by atoms with Crippen molar-refractivity contribution in [3.63, 3.8) is 0 Å². The highest BCUT2D eigenvalue weighted by atomic mass is 16.1. The van der Waals surface area contributed by atoms with Gasteiger partial charge < -0.3 is 10.6 Å². The van der Waals surface area contributed by atoms with E-state index < -0.39 is 0 Å². The van der Waals surface area contributed by atoms with E-state index in [0.717, 1.165) is 12.3 Å². The Hall–Kier alpha value is -0.570. The molecule has 0 aromatic rings. The maximum atomic E-state index is 11.4. The molecule has 0 heterocycles. The fourth-order valence-electron chi connectivity index (χ4n) is 1.44. The Morgan fingerprint density at radius 1 is 1.43 bits per heavy atom. The summed E-state index contributed by atoms with van der Waals surface area (Å²) in [6, 6.07) is 0.790. The molecule has 0 radical (unpaired) electrons. The summed E-state index contributed by atoms with van der Waals surface area (Å²) < 4.78 is 0. The predicted octanol–water partition coefficient (Wildman–Crippen LogP) is 1.29. The number of nitrogens with one attached hydrogen (secondary N) is 2. The zero-order valence-corrected chi connectivity index (χ0v) is 9.47. The van der Waals surface area contributed by atoms with Crippen molar-refractivity contribution in [2.75, 3.05) is 6.54 Å². The van der Waals surface area contributed by atoms with Crippen LogP contribution in [0.15, 0.2) is 0 Å². The zero-order valence-electron chi connectivity index (χ0n) is 9.47. The fraction of sp³-hybridized carbons (Fsp3) is 0.909. The summed E-state index contributed by atoms with van der Waals surface area (Å²) in [4.78, 5) is 11.4. The second-order valence-corrected chi connectivity index (χ2v) is 4.38. The van der Waals surface area contributed by atoms with Crippen LogP contribution in [0, 0.1) is 5.92 Å². The molecule has 1 rings (SSSR count). The summed E-state index contributed by atoms with van der Waals surface area (Å²) in [7, 11) is 0. The van der Waals surface area contributed by atoms with Crippen LogP contribution in [0.3, 0.4) is 0 Å². The Morgan fingerprint density at radius 2 is 2.07 bits per heavy atom. The summed E-state index contributed by atoms with van der Waals surface area (Å²) in [5, 5.41) is 6.20. The molecule has 0 bridgehead atoms. The Morgan fingerprint density at radius 3 is 2.57 bits per heavy atom. The van der Waals surface area contributed by atoms with E-state index in [0.29, 0.717) is 18.6 Å². The normalized spacial score (nSPS) is 20.2. The first-order valence-corrected chi connectivity index (χ1v) is 5.66. The third-order valence-electron chi connectivity index (χ3n) is 2.93. The number of rotatable bonds is 6. The fourth-order valence-corrected chi connectivity index (χ4v) is 1.44. The highest BCUT2D eigenvalue weighted by Gasteiger charge is 2.27. The number of carbonyl (C=O) groups is 1. The van der Waals surface area contributed by atoms with Crippen LogP contribution in [-0.4, -0.2) is 24.5 Å². The van der Waals surface area contributed by atoms with Crippen LogP contribution >= 0.6 is 0 Å². The Balaban J connectivity index is 2.07. The Kier molecular flexibility index (Phi) is 4.39. The van der Waals surface area contributed by atoms with Crippen molar-refractivity contribution in [3.05, 3.63) is 0 Å². The lowest BCUT2D eigenvalue weighted by Gasteiger charge is -2.15. The summed E-state index contributed by atoms with van der Waals surface area (Å²) >= 11 is 0. The van der Waals surface area contributed by atoms with Crippen LogP contribution < -0.4 is 10.6 Å². The van der Waals surface area contributed by atoms with Crippen LogP contribution in [-0.2, 0) is 4.79 Å². The van der Waals surface area contributed by atoms with Crippen LogP contribution in [0.2, 0.25) is 0 Å². The van der Waals surface area contributed by atoms with Gasteiger partial charge in [0.1, 0.15) is 0 Å². The van der Waals surface area contributed by atoms with E-state index in [2.05, 4.69) is 24.5 Å². The van der Waals surface area contributed by atoms with Gasteiger partial charge in [-0.05, 0) is 39.0 Å². The minimum atomic E-state index is 0.117. The average molecular weight is 198 g/mol. The molecule has 0 aliphatic heterocycles. The van der Waals surface area contributed by atoms with Gasteiger partial charge in [0.2, 0.25) is 5.91 Å². The molecule has 2 unspecified atom stereocenters. The molecular formula is C11H22N2O. The zero-order chi connectivity index (χ0) is 10.6. The first-order chi connectivity index (χ1) is 6.63. The summed E-state index contributed by atoms with van der Waals surface area (Å²) in [5.41, 5.74) is 0. The topological polar surface area (TPSA) is 41.1 Å². The lowest BCUT2D eigenvalue weighted by atomic mass is 10.2. The largest absolute Gasteiger partial charge is 0.353 e. The SMILES string of the molecule is CCC(C)NC(=O)CNC(C)C1CC1. The van der Waals surface area contributed by atoms with Crippen LogP contribution in [0.5, 0.6) is 0 Å². The quantitative estimate of drug-likeness (QED) is 0.675. The molecule has 1 aliphatic carbocycles. The number of hydrogen-bond acceptors (Lipinski definition) is 2. The first kappa shape index (κ1) is 11.5. The molecule has 1 saturated carbocycles. The van der Waals surface area contributed by atoms with Crippen LogP contribution in [0.25, 0.3) is 0 Å². The van der Waals surface area contributed by atoms with Gasteiger partial charge in [0, 0.05) is 12.1 Å². The predicted molar refractivity (Wildman–Crippen MR) is 58.1 cm³/mol. The lowest BCUT2D eigenvalue weighted by molar-refractivity contribution is -0.121. The molecule has 2 N–H and O–H groups in total. The maximum Gasteiger partial charge on any atom is 0.234 e. The van der Waals surface area contributed by atoms with E-state index in [1.54, 1.807) is 0 Å². The minimum Gasteiger partial charge on any atom is -0.353 e. The Bertz CT molecular complexity index is 190. The van der Waals surface area contributed by atoms with E-state index in [1.165, 1.54) is 12.8 Å². The first-order valence-electron chi connectivity index (χ1n) is 5.66. The summed E-state index contributed by atoms with van der Waals surface area (Å²) in [6.45, 7) is 6.73. The molecule has 0 aromatic carbocycles. The molecule has 3 heteroatoms. The number of hydrogen-bond donors (Lipinski definition) is 2. The van der Waals surface area contributed by atoms with Crippen molar-refractivity contribution in [1.29, 1.82) is 0 Å². The molecule has 82 valence electrons. The van der Waals surface area contributed by atoms with Crippen molar-refractivity contribution in [2.45, 2.75) is 52.1 Å². The third kappa shape index (κ3) is 4.09. The van der Waals surface area contributed by atoms with E-state index in [9.17, 15) is 4.79 Å². The van der Waals surface area contributed by atoms with Gasteiger partial charge in [0.25, 0.3) is 0 Å². The highest BCUT2D eigenvalue weighted by Crippen LogP contribution is 2.32. The van der Waals surface area contributed by atoms with Crippen molar-refractivity contribution in [2.24, 2.45) is 5.92 Å². The molecule has 0 aromatic heterocycles. The monoisotopic (exact) mass is 198 g/mol. The van der Waals surface area contributed by atoms with Crippen molar-refractivity contribution in [3.8, 4) is 0 Å². The van der Waals surface area contributed by atoms with Gasteiger partial charge >= 0.3 is 0 Å². The smallest absolute Gasteiger partial charge is 0.234 e. The van der Waals surface area contributed by atoms with Gasteiger partial charge in [0.05, 0.1) is 6.54 Å². The molecular weight excluding hydrogens is 176 g/mol. The van der Waals surface area contributed by atoms with Gasteiger partial charge in [-0.1, -0.05) is 6.92 Å². The number of amides is 1. The second-order valence-electron chi connectivity index (χ2n) is 4.38.